The summed E-state index contributed by atoms with van der Waals surface area (Å²) in [5.74, 6) is 0. The lowest BCUT2D eigenvalue weighted by molar-refractivity contribution is 0.646. The molecular formula is C15H12BrN3O. The Morgan fingerprint density at radius 2 is 2.00 bits per heavy atom. The third-order valence-corrected chi connectivity index (χ3v) is 3.90. The van der Waals surface area contributed by atoms with E-state index in [2.05, 4.69) is 21.0 Å². The second-order valence-corrected chi connectivity index (χ2v) is 5.40. The van der Waals surface area contributed by atoms with Gasteiger partial charge in [0.05, 0.1) is 18.1 Å². The van der Waals surface area contributed by atoms with Crippen LogP contribution in [0.3, 0.4) is 0 Å². The Balaban J connectivity index is 2.07. The van der Waals surface area contributed by atoms with Crippen molar-refractivity contribution in [3.05, 3.63) is 69.1 Å². The van der Waals surface area contributed by atoms with Gasteiger partial charge in [-0.2, -0.15) is 5.10 Å². The summed E-state index contributed by atoms with van der Waals surface area (Å²) in [4.78, 5) is 12.4. The minimum atomic E-state index is -0.0909. The van der Waals surface area contributed by atoms with Crippen molar-refractivity contribution >= 4 is 32.4 Å². The monoisotopic (exact) mass is 329 g/mol. The Kier molecular flexibility index (Phi) is 3.28. The number of benzene rings is 2. The highest BCUT2D eigenvalue weighted by Gasteiger charge is 2.06. The summed E-state index contributed by atoms with van der Waals surface area (Å²) < 4.78 is 2.33. The Bertz CT molecular complexity index is 842. The highest BCUT2D eigenvalue weighted by molar-refractivity contribution is 9.10. The molecule has 3 aromatic rings. The second kappa shape index (κ2) is 5.09. The van der Waals surface area contributed by atoms with Gasteiger partial charge >= 0.3 is 0 Å². The van der Waals surface area contributed by atoms with Crippen LogP contribution in [0.25, 0.3) is 10.8 Å². The van der Waals surface area contributed by atoms with Crippen molar-refractivity contribution in [2.75, 3.05) is 5.73 Å². The third kappa shape index (κ3) is 2.32. The summed E-state index contributed by atoms with van der Waals surface area (Å²) in [6.45, 7) is 0.407. The largest absolute Gasteiger partial charge is 0.399 e. The first-order valence-electron chi connectivity index (χ1n) is 6.14. The predicted octanol–water partition coefficient (Wildman–Crippen LogP) is 2.79. The lowest BCUT2D eigenvalue weighted by Gasteiger charge is -2.08. The fraction of sp³-hybridized carbons (Fsp3) is 0.0667. The topological polar surface area (TPSA) is 60.9 Å². The van der Waals surface area contributed by atoms with Gasteiger partial charge in [0, 0.05) is 15.5 Å². The SMILES string of the molecule is Nc1ccc(Cn2ncc3ccccc3c2=O)c(Br)c1. The molecule has 0 spiro atoms. The normalized spacial score (nSPS) is 10.8. The van der Waals surface area contributed by atoms with Crippen molar-refractivity contribution < 1.29 is 0 Å². The minimum absolute atomic E-state index is 0.0909. The first-order valence-corrected chi connectivity index (χ1v) is 6.93. The summed E-state index contributed by atoms with van der Waals surface area (Å²) >= 11 is 3.46. The first-order chi connectivity index (χ1) is 9.65. The molecule has 4 nitrogen and oxygen atoms in total. The Morgan fingerprint density at radius 1 is 1.20 bits per heavy atom. The average molecular weight is 330 g/mol. The first kappa shape index (κ1) is 12.9. The van der Waals surface area contributed by atoms with Gasteiger partial charge in [0.25, 0.3) is 5.56 Å². The van der Waals surface area contributed by atoms with Crippen molar-refractivity contribution in [2.24, 2.45) is 0 Å². The van der Waals surface area contributed by atoms with Gasteiger partial charge in [0.2, 0.25) is 0 Å². The van der Waals surface area contributed by atoms with Crippen molar-refractivity contribution in [3.63, 3.8) is 0 Å². The summed E-state index contributed by atoms with van der Waals surface area (Å²) in [6.07, 6.45) is 1.71. The molecule has 1 aromatic heterocycles. The Hall–Kier alpha value is -2.14. The Morgan fingerprint density at radius 3 is 2.80 bits per heavy atom. The van der Waals surface area contributed by atoms with E-state index >= 15 is 0 Å². The fourth-order valence-corrected chi connectivity index (χ4v) is 2.62. The predicted molar refractivity (Wildman–Crippen MR) is 83.7 cm³/mol. The van der Waals surface area contributed by atoms with Gasteiger partial charge < -0.3 is 5.73 Å². The highest BCUT2D eigenvalue weighted by atomic mass is 79.9. The van der Waals surface area contributed by atoms with Crippen molar-refractivity contribution in [1.29, 1.82) is 0 Å². The number of hydrogen-bond acceptors (Lipinski definition) is 3. The van der Waals surface area contributed by atoms with Crippen LogP contribution in [0.4, 0.5) is 5.69 Å². The summed E-state index contributed by atoms with van der Waals surface area (Å²) in [5.41, 5.74) is 7.26. The molecule has 3 rings (SSSR count). The lowest BCUT2D eigenvalue weighted by atomic mass is 10.2. The molecule has 1 heterocycles. The van der Waals surface area contributed by atoms with Crippen LogP contribution in [-0.2, 0) is 6.54 Å². The molecule has 0 amide bonds. The van der Waals surface area contributed by atoms with Gasteiger partial charge in [0.15, 0.2) is 0 Å². The molecule has 0 radical (unpaired) electrons. The van der Waals surface area contributed by atoms with E-state index in [1.165, 1.54) is 4.68 Å². The van der Waals surface area contributed by atoms with Gasteiger partial charge in [-0.3, -0.25) is 4.79 Å². The number of nitrogen functional groups attached to an aromatic ring is 1. The molecule has 2 N–H and O–H groups in total. The molecule has 0 saturated carbocycles. The molecular weight excluding hydrogens is 318 g/mol. The van der Waals surface area contributed by atoms with Crippen LogP contribution in [0.1, 0.15) is 5.56 Å². The van der Waals surface area contributed by atoms with Crippen LogP contribution < -0.4 is 11.3 Å². The van der Waals surface area contributed by atoms with Gasteiger partial charge in [-0.05, 0) is 23.8 Å². The molecule has 0 aliphatic heterocycles. The van der Waals surface area contributed by atoms with Gasteiger partial charge in [-0.25, -0.2) is 4.68 Å². The van der Waals surface area contributed by atoms with Crippen LogP contribution in [0.2, 0.25) is 0 Å². The number of nitrogens with zero attached hydrogens (tertiary/aromatic N) is 2. The molecule has 0 aliphatic carbocycles. The number of fused-ring (bicyclic) bond motifs is 1. The summed E-state index contributed by atoms with van der Waals surface area (Å²) in [5, 5.41) is 5.74. The molecule has 5 heteroatoms. The van der Waals surface area contributed by atoms with Crippen LogP contribution in [0.5, 0.6) is 0 Å². The van der Waals surface area contributed by atoms with E-state index in [0.29, 0.717) is 17.6 Å². The van der Waals surface area contributed by atoms with Crippen LogP contribution in [-0.4, -0.2) is 9.78 Å². The molecule has 20 heavy (non-hydrogen) atoms. The molecule has 2 aromatic carbocycles. The van der Waals surface area contributed by atoms with E-state index in [9.17, 15) is 4.79 Å². The Labute approximate surface area is 124 Å². The maximum Gasteiger partial charge on any atom is 0.274 e. The third-order valence-electron chi connectivity index (χ3n) is 3.16. The van der Waals surface area contributed by atoms with Crippen molar-refractivity contribution in [2.45, 2.75) is 6.54 Å². The van der Waals surface area contributed by atoms with Crippen LogP contribution in [0, 0.1) is 0 Å². The zero-order chi connectivity index (χ0) is 14.1. The molecule has 0 saturated heterocycles. The summed E-state index contributed by atoms with van der Waals surface area (Å²) in [6, 6.07) is 13.0. The number of hydrogen-bond donors (Lipinski definition) is 1. The molecule has 0 fully saturated rings. The van der Waals surface area contributed by atoms with E-state index in [1.807, 2.05) is 42.5 Å². The van der Waals surface area contributed by atoms with E-state index in [1.54, 1.807) is 6.20 Å². The molecule has 0 aliphatic rings. The number of aromatic nitrogens is 2. The smallest absolute Gasteiger partial charge is 0.274 e. The van der Waals surface area contributed by atoms with E-state index in [-0.39, 0.29) is 5.56 Å². The lowest BCUT2D eigenvalue weighted by Crippen LogP contribution is -2.23. The molecule has 0 atom stereocenters. The van der Waals surface area contributed by atoms with Gasteiger partial charge in [-0.15, -0.1) is 0 Å². The van der Waals surface area contributed by atoms with Crippen molar-refractivity contribution in [3.8, 4) is 0 Å². The zero-order valence-corrected chi connectivity index (χ0v) is 12.2. The average Bonchev–Trinajstić information content (AvgIpc) is 2.45. The fourth-order valence-electron chi connectivity index (χ4n) is 2.09. The second-order valence-electron chi connectivity index (χ2n) is 4.55. The molecule has 0 bridgehead atoms. The quantitative estimate of drug-likeness (QED) is 0.735. The maximum atomic E-state index is 12.4. The number of nitrogens with two attached hydrogens (primary N) is 1. The molecule has 0 unspecified atom stereocenters. The minimum Gasteiger partial charge on any atom is -0.399 e. The van der Waals surface area contributed by atoms with E-state index in [4.69, 9.17) is 5.73 Å². The maximum absolute atomic E-state index is 12.4. The van der Waals surface area contributed by atoms with Gasteiger partial charge in [-0.1, -0.05) is 40.2 Å². The van der Waals surface area contributed by atoms with Gasteiger partial charge in [0.1, 0.15) is 0 Å². The number of rotatable bonds is 2. The van der Waals surface area contributed by atoms with Crippen molar-refractivity contribution in [1.82, 2.24) is 9.78 Å². The van der Waals surface area contributed by atoms with E-state index in [0.717, 1.165) is 15.4 Å². The van der Waals surface area contributed by atoms with E-state index < -0.39 is 0 Å². The number of halogens is 1. The summed E-state index contributed by atoms with van der Waals surface area (Å²) in [7, 11) is 0. The molecule has 100 valence electrons. The zero-order valence-electron chi connectivity index (χ0n) is 10.6. The number of anilines is 1. The van der Waals surface area contributed by atoms with Crippen LogP contribution in [0.15, 0.2) is 57.9 Å². The standard InChI is InChI=1S/C15H12BrN3O/c16-14-7-12(17)6-5-11(14)9-19-15(20)13-4-2-1-3-10(13)8-18-19/h1-8H,9,17H2. The van der Waals surface area contributed by atoms with Crippen LogP contribution >= 0.6 is 15.9 Å². The highest BCUT2D eigenvalue weighted by Crippen LogP contribution is 2.20.